The van der Waals surface area contributed by atoms with E-state index in [2.05, 4.69) is 0 Å². The maximum Gasteiger partial charge on any atom is 0.211 e. The molecule has 2 aromatic carbocycles. The molecule has 2 atom stereocenters. The molecule has 1 aliphatic heterocycles. The Balaban J connectivity index is 1.98. The van der Waals surface area contributed by atoms with Crippen LogP contribution in [0.4, 0.5) is 0 Å². The number of likely N-dealkylation sites (N-methyl/N-ethyl adjacent to an activating group) is 1. The van der Waals surface area contributed by atoms with Crippen LogP contribution in [0.5, 0.6) is 11.5 Å². The van der Waals surface area contributed by atoms with Crippen LogP contribution in [0.3, 0.4) is 0 Å². The Hall–Kier alpha value is -2.09. The summed E-state index contributed by atoms with van der Waals surface area (Å²) in [5.74, 6) is 1.28. The monoisotopic (exact) mass is 405 g/mol. The van der Waals surface area contributed by atoms with E-state index < -0.39 is 27.8 Å². The van der Waals surface area contributed by atoms with Crippen molar-refractivity contribution in [2.75, 3.05) is 20.4 Å². The van der Waals surface area contributed by atoms with E-state index in [0.717, 1.165) is 11.1 Å². The fraction of sp³-hybridized carbons (Fsp3) is 0.429. The van der Waals surface area contributed by atoms with E-state index in [0.29, 0.717) is 18.1 Å². The molecule has 28 heavy (non-hydrogen) atoms. The first-order chi connectivity index (χ1) is 13.1. The number of rotatable bonds is 6. The summed E-state index contributed by atoms with van der Waals surface area (Å²) >= 11 is 0. The maximum atomic E-state index is 12.3. The van der Waals surface area contributed by atoms with Gasteiger partial charge in [0.2, 0.25) is 10.0 Å². The van der Waals surface area contributed by atoms with Gasteiger partial charge >= 0.3 is 0 Å². The lowest BCUT2D eigenvalue weighted by Crippen LogP contribution is -2.54. The van der Waals surface area contributed by atoms with Crippen LogP contribution in [-0.2, 0) is 21.4 Å². The highest BCUT2D eigenvalue weighted by atomic mass is 32.2. The first-order valence-corrected chi connectivity index (χ1v) is 10.9. The van der Waals surface area contributed by atoms with Crippen molar-refractivity contribution in [2.45, 2.75) is 38.2 Å². The quantitative estimate of drug-likeness (QED) is 0.737. The molecule has 2 aromatic rings. The first kappa shape index (κ1) is 20.6. The van der Waals surface area contributed by atoms with Crippen LogP contribution in [0.2, 0.25) is 0 Å². The van der Waals surface area contributed by atoms with Crippen LogP contribution < -0.4 is 9.47 Å². The van der Waals surface area contributed by atoms with Crippen LogP contribution in [0, 0.1) is 0 Å². The number of hydrogen-bond donors (Lipinski definition) is 0. The first-order valence-electron chi connectivity index (χ1n) is 9.09. The van der Waals surface area contributed by atoms with E-state index >= 15 is 0 Å². The van der Waals surface area contributed by atoms with Gasteiger partial charge in [-0.2, -0.15) is 4.31 Å². The van der Waals surface area contributed by atoms with Gasteiger partial charge in [-0.25, -0.2) is 8.42 Å². The minimum absolute atomic E-state index is 0.423. The van der Waals surface area contributed by atoms with Gasteiger partial charge in [-0.3, -0.25) is 0 Å². The molecule has 0 fully saturated rings. The number of hydrogen-bond acceptors (Lipinski definition) is 5. The van der Waals surface area contributed by atoms with E-state index in [1.54, 1.807) is 14.2 Å². The van der Waals surface area contributed by atoms with Gasteiger partial charge in [0.1, 0.15) is 29.8 Å². The fourth-order valence-electron chi connectivity index (χ4n) is 3.57. The van der Waals surface area contributed by atoms with E-state index in [9.17, 15) is 8.42 Å². The molecule has 1 aliphatic rings. The molecule has 0 saturated carbocycles. The van der Waals surface area contributed by atoms with Crippen LogP contribution in [0.25, 0.3) is 0 Å². The summed E-state index contributed by atoms with van der Waals surface area (Å²) in [7, 11) is -0.316. The average molecular weight is 406 g/mol. The summed E-state index contributed by atoms with van der Waals surface area (Å²) in [6.07, 6.45) is 0.710. The van der Waals surface area contributed by atoms with Crippen molar-refractivity contribution in [3.63, 3.8) is 0 Å². The Bertz CT molecular complexity index is 927. The Morgan fingerprint density at radius 2 is 1.82 bits per heavy atom. The number of methoxy groups -OCH3 is 1. The van der Waals surface area contributed by atoms with Gasteiger partial charge in [-0.15, -0.1) is 0 Å². The molecule has 3 rings (SSSR count). The second-order valence-electron chi connectivity index (χ2n) is 7.56. The van der Waals surface area contributed by atoms with Crippen molar-refractivity contribution in [3.05, 3.63) is 59.7 Å². The van der Waals surface area contributed by atoms with Gasteiger partial charge < -0.3 is 14.2 Å². The van der Waals surface area contributed by atoms with Crippen molar-refractivity contribution < 1.29 is 22.6 Å². The predicted molar refractivity (Wildman–Crippen MR) is 108 cm³/mol. The molecule has 7 heteroatoms. The molecule has 1 heterocycles. The minimum atomic E-state index is -3.45. The van der Waals surface area contributed by atoms with Crippen LogP contribution >= 0.6 is 0 Å². The molecule has 0 N–H and O–H groups in total. The molecule has 0 amide bonds. The van der Waals surface area contributed by atoms with Gasteiger partial charge in [0.15, 0.2) is 0 Å². The molecule has 0 radical (unpaired) electrons. The molecule has 0 bridgehead atoms. The number of benzene rings is 2. The lowest BCUT2D eigenvalue weighted by atomic mass is 9.86. The molecular formula is C21H27NO5S. The van der Waals surface area contributed by atoms with Crippen molar-refractivity contribution in [2.24, 2.45) is 0 Å². The highest BCUT2D eigenvalue weighted by molar-refractivity contribution is 7.88. The lowest BCUT2D eigenvalue weighted by Gasteiger charge is -2.46. The van der Waals surface area contributed by atoms with Gasteiger partial charge in [-0.1, -0.05) is 30.3 Å². The SMILES string of the molecule is CO[C@H]1[C@H](N(C)S(C)(=O)=O)c2cc(OCc3ccccc3)ccc2OC1(C)C. The Morgan fingerprint density at radius 1 is 1.14 bits per heavy atom. The van der Waals surface area contributed by atoms with Gasteiger partial charge in [0.05, 0.1) is 12.3 Å². The van der Waals surface area contributed by atoms with Crippen LogP contribution in [0.1, 0.15) is 31.0 Å². The van der Waals surface area contributed by atoms with Crippen molar-refractivity contribution in [1.29, 1.82) is 0 Å². The van der Waals surface area contributed by atoms with Gasteiger partial charge in [0.25, 0.3) is 0 Å². The molecule has 0 spiro atoms. The fourth-order valence-corrected chi connectivity index (χ4v) is 4.21. The van der Waals surface area contributed by atoms with Gasteiger partial charge in [0, 0.05) is 19.7 Å². The zero-order valence-corrected chi connectivity index (χ0v) is 17.7. The zero-order valence-electron chi connectivity index (χ0n) is 16.9. The second-order valence-corrected chi connectivity index (χ2v) is 9.60. The largest absolute Gasteiger partial charge is 0.489 e. The van der Waals surface area contributed by atoms with Crippen molar-refractivity contribution >= 4 is 10.0 Å². The minimum Gasteiger partial charge on any atom is -0.489 e. The third kappa shape index (κ3) is 4.16. The number of fused-ring (bicyclic) bond motifs is 1. The van der Waals surface area contributed by atoms with Crippen LogP contribution in [0.15, 0.2) is 48.5 Å². The molecule has 0 unspecified atom stereocenters. The van der Waals surface area contributed by atoms with Crippen molar-refractivity contribution in [1.82, 2.24) is 4.31 Å². The summed E-state index contributed by atoms with van der Waals surface area (Å²) < 4.78 is 43.7. The number of nitrogens with zero attached hydrogens (tertiary/aromatic N) is 1. The molecule has 6 nitrogen and oxygen atoms in total. The van der Waals surface area contributed by atoms with E-state index in [1.807, 2.05) is 62.4 Å². The molecule has 0 aromatic heterocycles. The Labute approximate surface area is 167 Å². The van der Waals surface area contributed by atoms with E-state index in [1.165, 1.54) is 10.6 Å². The van der Waals surface area contributed by atoms with E-state index in [-0.39, 0.29) is 0 Å². The summed E-state index contributed by atoms with van der Waals surface area (Å²) in [5, 5.41) is 0. The summed E-state index contributed by atoms with van der Waals surface area (Å²) in [6.45, 7) is 4.21. The highest BCUT2D eigenvalue weighted by Gasteiger charge is 2.48. The highest BCUT2D eigenvalue weighted by Crippen LogP contribution is 2.45. The predicted octanol–water partition coefficient (Wildman–Crippen LogP) is 3.38. The summed E-state index contributed by atoms with van der Waals surface area (Å²) in [5.41, 5.74) is 1.08. The van der Waals surface area contributed by atoms with Crippen LogP contribution in [-0.4, -0.2) is 44.8 Å². The van der Waals surface area contributed by atoms with Gasteiger partial charge in [-0.05, 0) is 37.6 Å². The smallest absolute Gasteiger partial charge is 0.211 e. The third-order valence-corrected chi connectivity index (χ3v) is 6.34. The average Bonchev–Trinajstić information content (AvgIpc) is 2.64. The lowest BCUT2D eigenvalue weighted by molar-refractivity contribution is -0.0972. The number of sulfonamides is 1. The molecule has 0 aliphatic carbocycles. The Kier molecular flexibility index (Phi) is 5.70. The number of ether oxygens (including phenoxy) is 3. The maximum absolute atomic E-state index is 12.3. The molecular weight excluding hydrogens is 378 g/mol. The Morgan fingerprint density at radius 3 is 2.43 bits per heavy atom. The molecule has 0 saturated heterocycles. The summed E-state index contributed by atoms with van der Waals surface area (Å²) in [4.78, 5) is 0. The third-order valence-electron chi connectivity index (χ3n) is 5.06. The molecule has 152 valence electrons. The normalized spacial score (nSPS) is 21.1. The van der Waals surface area contributed by atoms with Crippen molar-refractivity contribution in [3.8, 4) is 11.5 Å². The zero-order chi connectivity index (χ0) is 20.5. The topological polar surface area (TPSA) is 65.1 Å². The summed E-state index contributed by atoms with van der Waals surface area (Å²) in [6, 6.07) is 14.8. The second kappa shape index (κ2) is 7.73. The van der Waals surface area contributed by atoms with E-state index in [4.69, 9.17) is 14.2 Å². The standard InChI is InChI=1S/C21H27NO5S/c1-21(2)20(25-4)19(22(3)28(5,23)24)17-13-16(11-12-18(17)27-21)26-14-15-9-7-6-8-10-15/h6-13,19-20H,14H2,1-5H3/t19-,20+/m1/s1.